The normalized spacial score (nSPS) is 10.7. The Morgan fingerprint density at radius 3 is 2.15 bits per heavy atom. The molecule has 39 heavy (non-hydrogen) atoms. The highest BCUT2D eigenvalue weighted by Gasteiger charge is 2.19. The van der Waals surface area contributed by atoms with E-state index in [4.69, 9.17) is 9.47 Å². The van der Waals surface area contributed by atoms with Gasteiger partial charge in [-0.05, 0) is 35.7 Å². The molecule has 202 valence electrons. The van der Waals surface area contributed by atoms with Crippen molar-refractivity contribution < 1.29 is 19.1 Å². The molecule has 0 unspecified atom stereocenters. The lowest BCUT2D eigenvalue weighted by Gasteiger charge is -2.16. The summed E-state index contributed by atoms with van der Waals surface area (Å²) in [5, 5.41) is 5.60. The fraction of sp³-hybridized carbons (Fsp3) is 0.241. The van der Waals surface area contributed by atoms with Crippen LogP contribution in [-0.4, -0.2) is 48.8 Å². The Balaban J connectivity index is 1.71. The number of amides is 2. The molecule has 1 heterocycles. The van der Waals surface area contributed by atoms with Crippen molar-refractivity contribution in [3.8, 4) is 11.5 Å². The van der Waals surface area contributed by atoms with Crippen LogP contribution in [0, 0.1) is 0 Å². The van der Waals surface area contributed by atoms with Gasteiger partial charge < -0.3 is 20.1 Å². The first-order chi connectivity index (χ1) is 18.9. The van der Waals surface area contributed by atoms with Crippen LogP contribution in [0.2, 0.25) is 0 Å². The molecule has 0 radical (unpaired) electrons. The number of aromatic nitrogens is 2. The molecule has 4 rings (SSSR count). The van der Waals surface area contributed by atoms with Gasteiger partial charge in [-0.15, -0.1) is 0 Å². The molecule has 0 aliphatic carbocycles. The second-order valence-corrected chi connectivity index (χ2v) is 8.85. The zero-order chi connectivity index (χ0) is 27.9. The van der Waals surface area contributed by atoms with Gasteiger partial charge in [0.05, 0.1) is 31.7 Å². The van der Waals surface area contributed by atoms with Crippen LogP contribution in [0.1, 0.15) is 21.5 Å². The van der Waals surface area contributed by atoms with Crippen LogP contribution in [0.4, 0.5) is 0 Å². The van der Waals surface area contributed by atoms with E-state index in [1.165, 1.54) is 38.0 Å². The van der Waals surface area contributed by atoms with Gasteiger partial charge in [-0.1, -0.05) is 42.5 Å². The number of rotatable bonds is 10. The zero-order valence-corrected chi connectivity index (χ0v) is 22.0. The number of hydrogen-bond acceptors (Lipinski definition) is 6. The minimum Gasteiger partial charge on any atom is -0.493 e. The molecule has 0 atom stereocenters. The van der Waals surface area contributed by atoms with Crippen molar-refractivity contribution in [1.29, 1.82) is 0 Å². The van der Waals surface area contributed by atoms with Gasteiger partial charge in [0.15, 0.2) is 11.5 Å². The average molecular weight is 531 g/mol. The highest BCUT2D eigenvalue weighted by molar-refractivity contribution is 5.94. The number of methoxy groups -OCH3 is 2. The third-order valence-corrected chi connectivity index (χ3v) is 6.39. The summed E-state index contributed by atoms with van der Waals surface area (Å²) in [6.07, 6.45) is 0.638. The zero-order valence-electron chi connectivity index (χ0n) is 22.0. The van der Waals surface area contributed by atoms with Gasteiger partial charge in [-0.3, -0.25) is 23.5 Å². The first-order valence-corrected chi connectivity index (χ1v) is 12.4. The van der Waals surface area contributed by atoms with Gasteiger partial charge in [0.2, 0.25) is 5.91 Å². The summed E-state index contributed by atoms with van der Waals surface area (Å²) < 4.78 is 13.1. The number of fused-ring (bicyclic) bond motifs is 1. The molecule has 0 saturated carbocycles. The highest BCUT2D eigenvalue weighted by atomic mass is 16.5. The quantitative estimate of drug-likeness (QED) is 0.323. The molecule has 0 bridgehead atoms. The second kappa shape index (κ2) is 12.1. The highest BCUT2D eigenvalue weighted by Crippen LogP contribution is 2.30. The fourth-order valence-corrected chi connectivity index (χ4v) is 4.32. The van der Waals surface area contributed by atoms with E-state index in [2.05, 4.69) is 10.6 Å². The molecule has 2 N–H and O–H groups in total. The Morgan fingerprint density at radius 2 is 1.51 bits per heavy atom. The lowest BCUT2D eigenvalue weighted by Crippen LogP contribution is -2.43. The molecule has 3 aromatic carbocycles. The van der Waals surface area contributed by atoms with Crippen LogP contribution < -0.4 is 31.4 Å². The largest absolute Gasteiger partial charge is 0.493 e. The molecule has 0 aliphatic rings. The lowest BCUT2D eigenvalue weighted by molar-refractivity contribution is -0.121. The molecular formula is C29H30N4O6. The first kappa shape index (κ1) is 27.2. The van der Waals surface area contributed by atoms with Gasteiger partial charge >= 0.3 is 5.69 Å². The summed E-state index contributed by atoms with van der Waals surface area (Å²) >= 11 is 0. The third kappa shape index (κ3) is 6.01. The molecule has 0 saturated heterocycles. The number of ether oxygens (including phenoxy) is 2. The predicted molar refractivity (Wildman–Crippen MR) is 148 cm³/mol. The number of nitrogens with one attached hydrogen (secondary N) is 2. The molecule has 0 spiro atoms. The first-order valence-electron chi connectivity index (χ1n) is 12.4. The van der Waals surface area contributed by atoms with Gasteiger partial charge in [0, 0.05) is 25.2 Å². The Labute approximate surface area is 224 Å². The average Bonchev–Trinajstić information content (AvgIpc) is 2.97. The minimum atomic E-state index is -0.645. The number of hydrogen-bond donors (Lipinski definition) is 2. The standard InChI is InChI=1S/C29H30N4O6/c1-30-27(35)21-11-9-20(10-12-21)17-33-28(36)22-15-24(38-2)25(39-3)16-23(22)32(29(33)37)18-26(34)31-14-13-19-7-5-4-6-8-19/h4-12,15-16H,13-14,17-18H2,1-3H3,(H,30,35)(H,31,34). The van der Waals surface area contributed by atoms with Gasteiger partial charge in [-0.25, -0.2) is 4.79 Å². The molecule has 10 nitrogen and oxygen atoms in total. The van der Waals surface area contributed by atoms with E-state index in [1.54, 1.807) is 24.3 Å². The van der Waals surface area contributed by atoms with E-state index in [9.17, 15) is 19.2 Å². The van der Waals surface area contributed by atoms with E-state index in [-0.39, 0.29) is 35.8 Å². The smallest absolute Gasteiger partial charge is 0.332 e. The van der Waals surface area contributed by atoms with Crippen LogP contribution in [-0.2, 0) is 24.3 Å². The van der Waals surface area contributed by atoms with Crippen molar-refractivity contribution in [2.75, 3.05) is 27.8 Å². The van der Waals surface area contributed by atoms with Crippen LogP contribution in [0.5, 0.6) is 11.5 Å². The Morgan fingerprint density at radius 1 is 0.846 bits per heavy atom. The molecule has 0 aliphatic heterocycles. The predicted octanol–water partition coefficient (Wildman–Crippen LogP) is 1.95. The molecular weight excluding hydrogens is 500 g/mol. The maximum Gasteiger partial charge on any atom is 0.332 e. The number of nitrogens with zero attached hydrogens (tertiary/aromatic N) is 2. The van der Waals surface area contributed by atoms with Crippen molar-refractivity contribution in [1.82, 2.24) is 19.8 Å². The number of carbonyl (C=O) groups is 2. The Bertz CT molecular complexity index is 1610. The third-order valence-electron chi connectivity index (χ3n) is 6.39. The topological polar surface area (TPSA) is 121 Å². The molecule has 1 aromatic heterocycles. The molecule has 4 aromatic rings. The van der Waals surface area contributed by atoms with E-state index < -0.39 is 11.2 Å². The Kier molecular flexibility index (Phi) is 8.45. The molecule has 10 heteroatoms. The fourth-order valence-electron chi connectivity index (χ4n) is 4.32. The summed E-state index contributed by atoms with van der Waals surface area (Å²) in [6.45, 7) is 0.0467. The van der Waals surface area contributed by atoms with Crippen LogP contribution in [0.25, 0.3) is 10.9 Å². The minimum absolute atomic E-state index is 0.0500. The van der Waals surface area contributed by atoms with Crippen LogP contribution in [0.3, 0.4) is 0 Å². The van der Waals surface area contributed by atoms with Crippen molar-refractivity contribution >= 4 is 22.7 Å². The Hall–Kier alpha value is -4.86. The monoisotopic (exact) mass is 530 g/mol. The summed E-state index contributed by atoms with van der Waals surface area (Å²) in [7, 11) is 4.44. The second-order valence-electron chi connectivity index (χ2n) is 8.85. The van der Waals surface area contributed by atoms with E-state index in [1.807, 2.05) is 30.3 Å². The van der Waals surface area contributed by atoms with E-state index in [0.717, 1.165) is 10.1 Å². The van der Waals surface area contributed by atoms with Gasteiger partial charge in [-0.2, -0.15) is 0 Å². The van der Waals surface area contributed by atoms with Gasteiger partial charge in [0.25, 0.3) is 11.5 Å². The SMILES string of the molecule is CNC(=O)c1ccc(Cn2c(=O)c3cc(OC)c(OC)cc3n(CC(=O)NCCc3ccccc3)c2=O)cc1. The van der Waals surface area contributed by atoms with E-state index >= 15 is 0 Å². The van der Waals surface area contributed by atoms with Crippen LogP contribution >= 0.6 is 0 Å². The summed E-state index contributed by atoms with van der Waals surface area (Å²) in [5.74, 6) is 0.0287. The molecule has 0 fully saturated rings. The van der Waals surface area contributed by atoms with Crippen LogP contribution in [0.15, 0.2) is 76.3 Å². The summed E-state index contributed by atoms with van der Waals surface area (Å²) in [6, 6.07) is 19.3. The summed E-state index contributed by atoms with van der Waals surface area (Å²) in [5.41, 5.74) is 1.25. The van der Waals surface area contributed by atoms with E-state index in [0.29, 0.717) is 35.6 Å². The van der Waals surface area contributed by atoms with Crippen molar-refractivity contribution in [2.45, 2.75) is 19.5 Å². The molecule has 2 amide bonds. The van der Waals surface area contributed by atoms with Crippen molar-refractivity contribution in [3.63, 3.8) is 0 Å². The lowest BCUT2D eigenvalue weighted by atomic mass is 10.1. The number of carbonyl (C=O) groups excluding carboxylic acids is 2. The van der Waals surface area contributed by atoms with Gasteiger partial charge in [0.1, 0.15) is 6.54 Å². The van der Waals surface area contributed by atoms with Crippen molar-refractivity contribution in [3.05, 3.63) is 104 Å². The maximum atomic E-state index is 13.6. The maximum absolute atomic E-state index is 13.6. The van der Waals surface area contributed by atoms with Crippen molar-refractivity contribution in [2.24, 2.45) is 0 Å². The summed E-state index contributed by atoms with van der Waals surface area (Å²) in [4.78, 5) is 51.9. The number of benzene rings is 3.